The van der Waals surface area contributed by atoms with Gasteiger partial charge in [-0.15, -0.1) is 0 Å². The lowest BCUT2D eigenvalue weighted by atomic mass is 10.1. The number of benzene rings is 2. The zero-order valence-corrected chi connectivity index (χ0v) is 14.0. The maximum atomic E-state index is 12.2. The minimum atomic E-state index is -0.302. The molecule has 6 nitrogen and oxygen atoms in total. The number of aromatic hydroxyl groups is 1. The highest BCUT2D eigenvalue weighted by Crippen LogP contribution is 2.23. The molecule has 0 radical (unpaired) electrons. The van der Waals surface area contributed by atoms with Gasteiger partial charge in [-0.25, -0.2) is 4.98 Å². The largest absolute Gasteiger partial charge is 0.508 e. The highest BCUT2D eigenvalue weighted by Gasteiger charge is 2.08. The molecule has 1 amide bonds. The number of anilines is 1. The molecule has 6 heteroatoms. The number of hydrogen-bond acceptors (Lipinski definition) is 5. The molecule has 0 bridgehead atoms. The molecule has 0 saturated heterocycles. The second-order valence-corrected chi connectivity index (χ2v) is 5.57. The molecule has 0 aliphatic rings. The molecule has 0 saturated carbocycles. The molecule has 2 N–H and O–H groups in total. The van der Waals surface area contributed by atoms with E-state index in [0.29, 0.717) is 28.4 Å². The molecule has 1 heterocycles. The van der Waals surface area contributed by atoms with E-state index < -0.39 is 0 Å². The topological polar surface area (TPSA) is 88.5 Å². The van der Waals surface area contributed by atoms with Gasteiger partial charge >= 0.3 is 0 Å². The molecule has 0 atom stereocenters. The Morgan fingerprint density at radius 3 is 2.35 bits per heavy atom. The average Bonchev–Trinajstić information content (AvgIpc) is 2.63. The van der Waals surface area contributed by atoms with Crippen molar-refractivity contribution in [3.63, 3.8) is 0 Å². The first-order valence-corrected chi connectivity index (χ1v) is 7.86. The summed E-state index contributed by atoms with van der Waals surface area (Å²) in [5, 5.41) is 12.1. The highest BCUT2D eigenvalue weighted by molar-refractivity contribution is 6.05. The van der Waals surface area contributed by atoms with Crippen LogP contribution in [0.3, 0.4) is 0 Å². The minimum Gasteiger partial charge on any atom is -0.508 e. The van der Waals surface area contributed by atoms with Gasteiger partial charge in [0.2, 0.25) is 5.88 Å². The van der Waals surface area contributed by atoms with Gasteiger partial charge in [0.1, 0.15) is 11.5 Å². The van der Waals surface area contributed by atoms with E-state index >= 15 is 0 Å². The van der Waals surface area contributed by atoms with Crippen molar-refractivity contribution in [3.8, 4) is 17.4 Å². The van der Waals surface area contributed by atoms with Crippen LogP contribution in [0.5, 0.6) is 17.4 Å². The Morgan fingerprint density at radius 1 is 1.00 bits per heavy atom. The average molecular weight is 348 g/mol. The molecular weight excluding hydrogens is 332 g/mol. The summed E-state index contributed by atoms with van der Waals surface area (Å²) < 4.78 is 5.52. The number of ether oxygens (including phenoxy) is 1. The van der Waals surface area contributed by atoms with Crippen LogP contribution in [0.2, 0.25) is 0 Å². The Kier molecular flexibility index (Phi) is 4.94. The molecular formula is C20H16N2O4. The number of nitrogens with zero attached hydrogens (tertiary/aromatic N) is 1. The highest BCUT2D eigenvalue weighted by atomic mass is 16.5. The zero-order valence-electron chi connectivity index (χ0n) is 14.0. The van der Waals surface area contributed by atoms with Crippen molar-refractivity contribution in [2.24, 2.45) is 0 Å². The second kappa shape index (κ2) is 7.48. The van der Waals surface area contributed by atoms with Crippen LogP contribution in [-0.2, 0) is 0 Å². The number of rotatable bonds is 5. The smallest absolute Gasteiger partial charge is 0.255 e. The molecule has 0 spiro atoms. The van der Waals surface area contributed by atoms with Crippen LogP contribution in [0.4, 0.5) is 5.69 Å². The van der Waals surface area contributed by atoms with Crippen molar-refractivity contribution in [2.75, 3.05) is 5.32 Å². The standard InChI is InChI=1S/C20H16N2O4/c1-13(23)14-5-7-15(8-6-14)20(25)22-16-9-10-19(21-12-16)26-18-4-2-3-17(24)11-18/h2-12,24H,1H3,(H,22,25). The van der Waals surface area contributed by atoms with Crippen LogP contribution >= 0.6 is 0 Å². The van der Waals surface area contributed by atoms with Crippen molar-refractivity contribution in [2.45, 2.75) is 6.92 Å². The van der Waals surface area contributed by atoms with Gasteiger partial charge in [0.15, 0.2) is 5.78 Å². The molecule has 3 aromatic rings. The van der Waals surface area contributed by atoms with Crippen LogP contribution in [0.15, 0.2) is 66.9 Å². The van der Waals surface area contributed by atoms with Crippen LogP contribution in [0.1, 0.15) is 27.6 Å². The van der Waals surface area contributed by atoms with Crippen LogP contribution in [0, 0.1) is 0 Å². The van der Waals surface area contributed by atoms with Crippen molar-refractivity contribution in [1.29, 1.82) is 0 Å². The first-order chi connectivity index (χ1) is 12.5. The van der Waals surface area contributed by atoms with Gasteiger partial charge in [-0.05, 0) is 37.3 Å². The van der Waals surface area contributed by atoms with Gasteiger partial charge < -0.3 is 15.2 Å². The number of amides is 1. The van der Waals surface area contributed by atoms with E-state index in [1.165, 1.54) is 19.2 Å². The summed E-state index contributed by atoms with van der Waals surface area (Å²) >= 11 is 0. The molecule has 26 heavy (non-hydrogen) atoms. The summed E-state index contributed by atoms with van der Waals surface area (Å²) in [6.45, 7) is 1.47. The van der Waals surface area contributed by atoms with Gasteiger partial charge in [-0.1, -0.05) is 18.2 Å². The Morgan fingerprint density at radius 2 is 1.73 bits per heavy atom. The first kappa shape index (κ1) is 17.2. The summed E-state index contributed by atoms with van der Waals surface area (Å²) in [7, 11) is 0. The van der Waals surface area contributed by atoms with E-state index in [1.807, 2.05) is 0 Å². The third kappa shape index (κ3) is 4.24. The lowest BCUT2D eigenvalue weighted by Crippen LogP contribution is -2.12. The number of pyridine rings is 1. The molecule has 130 valence electrons. The fourth-order valence-electron chi connectivity index (χ4n) is 2.24. The first-order valence-electron chi connectivity index (χ1n) is 7.86. The number of hydrogen-bond donors (Lipinski definition) is 2. The van der Waals surface area contributed by atoms with Crippen molar-refractivity contribution < 1.29 is 19.4 Å². The molecule has 2 aromatic carbocycles. The third-order valence-corrected chi connectivity index (χ3v) is 3.59. The number of aromatic nitrogens is 1. The fourth-order valence-corrected chi connectivity index (χ4v) is 2.24. The van der Waals surface area contributed by atoms with Gasteiger partial charge in [0.05, 0.1) is 11.9 Å². The molecule has 0 aliphatic heterocycles. The summed E-state index contributed by atoms with van der Waals surface area (Å²) in [5.74, 6) is 0.536. The maximum absolute atomic E-state index is 12.2. The van der Waals surface area contributed by atoms with E-state index in [-0.39, 0.29) is 17.4 Å². The monoisotopic (exact) mass is 348 g/mol. The van der Waals surface area contributed by atoms with Crippen LogP contribution in [0.25, 0.3) is 0 Å². The van der Waals surface area contributed by atoms with Crippen molar-refractivity contribution >= 4 is 17.4 Å². The summed E-state index contributed by atoms with van der Waals surface area (Å²) in [6, 6.07) is 16.1. The number of ketones is 1. The number of phenolic OH excluding ortho intramolecular Hbond substituents is 1. The SMILES string of the molecule is CC(=O)c1ccc(C(=O)Nc2ccc(Oc3cccc(O)c3)nc2)cc1. The lowest BCUT2D eigenvalue weighted by Gasteiger charge is -2.08. The summed E-state index contributed by atoms with van der Waals surface area (Å²) in [4.78, 5) is 27.6. The van der Waals surface area contributed by atoms with E-state index in [4.69, 9.17) is 4.74 Å². The van der Waals surface area contributed by atoms with Crippen molar-refractivity contribution in [1.82, 2.24) is 4.98 Å². The Bertz CT molecular complexity index is 935. The maximum Gasteiger partial charge on any atom is 0.255 e. The minimum absolute atomic E-state index is 0.0523. The Hall–Kier alpha value is -3.67. The van der Waals surface area contributed by atoms with Crippen molar-refractivity contribution in [3.05, 3.63) is 78.0 Å². The number of phenols is 1. The predicted molar refractivity (Wildman–Crippen MR) is 96.8 cm³/mol. The van der Waals surface area contributed by atoms with Crippen LogP contribution < -0.4 is 10.1 Å². The fraction of sp³-hybridized carbons (Fsp3) is 0.0500. The molecule has 3 rings (SSSR count). The summed E-state index contributed by atoms with van der Waals surface area (Å²) in [5.41, 5.74) is 1.50. The second-order valence-electron chi connectivity index (χ2n) is 5.57. The van der Waals surface area contributed by atoms with E-state index in [0.717, 1.165) is 0 Å². The lowest BCUT2D eigenvalue weighted by molar-refractivity contribution is 0.100. The van der Waals surface area contributed by atoms with Gasteiger partial charge in [-0.2, -0.15) is 0 Å². The number of carbonyl (C=O) groups excluding carboxylic acids is 2. The third-order valence-electron chi connectivity index (χ3n) is 3.59. The van der Waals surface area contributed by atoms with Gasteiger partial charge in [0.25, 0.3) is 5.91 Å². The molecule has 1 aromatic heterocycles. The molecule has 0 unspecified atom stereocenters. The van der Waals surface area contributed by atoms with E-state index in [2.05, 4.69) is 10.3 Å². The Balaban J connectivity index is 1.65. The quantitative estimate of drug-likeness (QED) is 0.680. The van der Waals surface area contributed by atoms with Crippen LogP contribution in [-0.4, -0.2) is 21.8 Å². The predicted octanol–water partition coefficient (Wildman–Crippen LogP) is 4.03. The number of carbonyl (C=O) groups is 2. The van der Waals surface area contributed by atoms with E-state index in [9.17, 15) is 14.7 Å². The molecule has 0 fully saturated rings. The van der Waals surface area contributed by atoms with E-state index in [1.54, 1.807) is 54.6 Å². The number of nitrogens with one attached hydrogen (secondary N) is 1. The Labute approximate surface area is 150 Å². The zero-order chi connectivity index (χ0) is 18.5. The summed E-state index contributed by atoms with van der Waals surface area (Å²) in [6.07, 6.45) is 1.47. The number of Topliss-reactive ketones (excluding diaryl/α,β-unsaturated/α-hetero) is 1. The normalized spacial score (nSPS) is 10.2. The molecule has 0 aliphatic carbocycles. The van der Waals surface area contributed by atoms with Gasteiger partial charge in [-0.3, -0.25) is 9.59 Å². The van der Waals surface area contributed by atoms with Gasteiger partial charge in [0, 0.05) is 23.3 Å².